The van der Waals surface area contributed by atoms with E-state index in [-0.39, 0.29) is 0 Å². The molecule has 2 aromatic carbocycles. The largest absolute Gasteiger partial charge is 0.493 e. The van der Waals surface area contributed by atoms with Crippen LogP contribution < -0.4 is 10.5 Å². The topological polar surface area (TPSA) is 35.2 Å². The Morgan fingerprint density at radius 3 is 2.47 bits per heavy atom. The highest BCUT2D eigenvalue weighted by Gasteiger charge is 2.02. The van der Waals surface area contributed by atoms with E-state index in [9.17, 15) is 0 Å². The SMILES string of the molecule is CCc1cc(N)ccc1OCCc1ccc(C)cc1. The van der Waals surface area contributed by atoms with Crippen molar-refractivity contribution >= 4 is 5.69 Å². The Balaban J connectivity index is 1.94. The molecule has 0 heterocycles. The molecule has 0 radical (unpaired) electrons. The van der Waals surface area contributed by atoms with Crippen molar-refractivity contribution < 1.29 is 4.74 Å². The summed E-state index contributed by atoms with van der Waals surface area (Å²) in [6.07, 6.45) is 1.86. The molecule has 2 rings (SSSR count). The Kier molecular flexibility index (Phi) is 4.45. The molecule has 2 N–H and O–H groups in total. The van der Waals surface area contributed by atoms with Gasteiger partial charge in [-0.3, -0.25) is 0 Å². The van der Waals surface area contributed by atoms with Crippen LogP contribution in [0, 0.1) is 6.92 Å². The fourth-order valence-corrected chi connectivity index (χ4v) is 2.05. The molecule has 0 aliphatic rings. The molecule has 0 saturated heterocycles. The van der Waals surface area contributed by atoms with Crippen molar-refractivity contribution in [2.75, 3.05) is 12.3 Å². The highest BCUT2D eigenvalue weighted by Crippen LogP contribution is 2.22. The molecular formula is C17H21NO. The summed E-state index contributed by atoms with van der Waals surface area (Å²) in [5.74, 6) is 0.948. The molecule has 0 aromatic heterocycles. The average Bonchev–Trinajstić information content (AvgIpc) is 2.42. The number of hydrogen-bond donors (Lipinski definition) is 1. The first-order chi connectivity index (χ1) is 9.19. The standard InChI is InChI=1S/C17H21NO/c1-3-15-12-16(18)8-9-17(15)19-11-10-14-6-4-13(2)5-7-14/h4-9,12H,3,10-11,18H2,1-2H3. The number of nitrogen functional groups attached to an aromatic ring is 1. The zero-order chi connectivity index (χ0) is 13.7. The summed E-state index contributed by atoms with van der Waals surface area (Å²) in [7, 11) is 0. The fraction of sp³-hybridized carbons (Fsp3) is 0.294. The van der Waals surface area contributed by atoms with E-state index in [1.165, 1.54) is 16.7 Å². The lowest BCUT2D eigenvalue weighted by atomic mass is 10.1. The molecule has 2 heteroatoms. The molecule has 0 spiro atoms. The second kappa shape index (κ2) is 6.28. The van der Waals surface area contributed by atoms with Crippen LogP contribution in [0.3, 0.4) is 0 Å². The smallest absolute Gasteiger partial charge is 0.122 e. The summed E-state index contributed by atoms with van der Waals surface area (Å²) in [6.45, 7) is 4.91. The minimum Gasteiger partial charge on any atom is -0.493 e. The summed E-state index contributed by atoms with van der Waals surface area (Å²) < 4.78 is 5.86. The number of rotatable bonds is 5. The van der Waals surface area contributed by atoms with E-state index in [4.69, 9.17) is 10.5 Å². The van der Waals surface area contributed by atoms with Crippen molar-refractivity contribution in [3.8, 4) is 5.75 Å². The lowest BCUT2D eigenvalue weighted by Crippen LogP contribution is -2.03. The number of nitrogens with two attached hydrogens (primary N) is 1. The van der Waals surface area contributed by atoms with Crippen molar-refractivity contribution in [3.05, 3.63) is 59.2 Å². The van der Waals surface area contributed by atoms with Gasteiger partial charge in [-0.1, -0.05) is 36.8 Å². The Labute approximate surface area is 115 Å². The molecule has 0 unspecified atom stereocenters. The molecular weight excluding hydrogens is 234 g/mol. The van der Waals surface area contributed by atoms with Crippen molar-refractivity contribution in [3.63, 3.8) is 0 Å². The molecule has 100 valence electrons. The number of aryl methyl sites for hydroxylation is 2. The van der Waals surface area contributed by atoms with Gasteiger partial charge in [0.25, 0.3) is 0 Å². The average molecular weight is 255 g/mol. The van der Waals surface area contributed by atoms with E-state index in [0.717, 1.165) is 24.3 Å². The zero-order valence-corrected chi connectivity index (χ0v) is 11.6. The maximum Gasteiger partial charge on any atom is 0.122 e. The van der Waals surface area contributed by atoms with Gasteiger partial charge in [-0.25, -0.2) is 0 Å². The number of hydrogen-bond acceptors (Lipinski definition) is 2. The van der Waals surface area contributed by atoms with Gasteiger partial charge in [-0.15, -0.1) is 0 Å². The van der Waals surface area contributed by atoms with Crippen LogP contribution in [0.5, 0.6) is 5.75 Å². The zero-order valence-electron chi connectivity index (χ0n) is 11.6. The summed E-state index contributed by atoms with van der Waals surface area (Å²) in [5, 5.41) is 0. The van der Waals surface area contributed by atoms with E-state index in [1.54, 1.807) is 0 Å². The maximum atomic E-state index is 5.86. The minimum atomic E-state index is 0.694. The van der Waals surface area contributed by atoms with Gasteiger partial charge in [0, 0.05) is 12.1 Å². The monoisotopic (exact) mass is 255 g/mol. The molecule has 2 aromatic rings. The third-order valence-corrected chi connectivity index (χ3v) is 3.23. The molecule has 0 atom stereocenters. The van der Waals surface area contributed by atoms with Crippen molar-refractivity contribution in [1.29, 1.82) is 0 Å². The predicted octanol–water partition coefficient (Wildman–Crippen LogP) is 3.76. The van der Waals surface area contributed by atoms with E-state index < -0.39 is 0 Å². The molecule has 0 amide bonds. The van der Waals surface area contributed by atoms with Crippen LogP contribution in [0.2, 0.25) is 0 Å². The van der Waals surface area contributed by atoms with Gasteiger partial charge in [0.05, 0.1) is 6.61 Å². The summed E-state index contributed by atoms with van der Waals surface area (Å²) >= 11 is 0. The predicted molar refractivity (Wildman–Crippen MR) is 80.6 cm³/mol. The first-order valence-corrected chi connectivity index (χ1v) is 6.76. The Hall–Kier alpha value is -1.96. The van der Waals surface area contributed by atoms with E-state index in [2.05, 4.69) is 38.1 Å². The quantitative estimate of drug-likeness (QED) is 0.826. The second-order valence-corrected chi connectivity index (χ2v) is 4.80. The highest BCUT2D eigenvalue weighted by molar-refractivity contribution is 5.47. The van der Waals surface area contributed by atoms with Crippen LogP contribution in [0.1, 0.15) is 23.6 Å². The van der Waals surface area contributed by atoms with Gasteiger partial charge in [-0.2, -0.15) is 0 Å². The Bertz CT molecular complexity index is 531. The molecule has 0 fully saturated rings. The lowest BCUT2D eigenvalue weighted by molar-refractivity contribution is 0.319. The van der Waals surface area contributed by atoms with Gasteiger partial charge in [0.15, 0.2) is 0 Å². The first-order valence-electron chi connectivity index (χ1n) is 6.76. The molecule has 0 aliphatic heterocycles. The third kappa shape index (κ3) is 3.75. The first kappa shape index (κ1) is 13.5. The Morgan fingerprint density at radius 1 is 1.05 bits per heavy atom. The van der Waals surface area contributed by atoms with E-state index >= 15 is 0 Å². The van der Waals surface area contributed by atoms with Gasteiger partial charge >= 0.3 is 0 Å². The molecule has 2 nitrogen and oxygen atoms in total. The minimum absolute atomic E-state index is 0.694. The molecule has 0 bridgehead atoms. The molecule has 0 aliphatic carbocycles. The normalized spacial score (nSPS) is 10.4. The van der Waals surface area contributed by atoms with Crippen molar-refractivity contribution in [2.24, 2.45) is 0 Å². The summed E-state index contributed by atoms with van der Waals surface area (Å²) in [4.78, 5) is 0. The summed E-state index contributed by atoms with van der Waals surface area (Å²) in [5.41, 5.74) is 10.3. The van der Waals surface area contributed by atoms with Gasteiger partial charge in [-0.05, 0) is 42.7 Å². The van der Waals surface area contributed by atoms with Crippen molar-refractivity contribution in [2.45, 2.75) is 26.7 Å². The van der Waals surface area contributed by atoms with Crippen LogP contribution >= 0.6 is 0 Å². The van der Waals surface area contributed by atoms with E-state index in [0.29, 0.717) is 6.61 Å². The van der Waals surface area contributed by atoms with Crippen LogP contribution in [-0.4, -0.2) is 6.61 Å². The molecule has 19 heavy (non-hydrogen) atoms. The van der Waals surface area contributed by atoms with Crippen LogP contribution in [0.4, 0.5) is 5.69 Å². The van der Waals surface area contributed by atoms with Crippen molar-refractivity contribution in [1.82, 2.24) is 0 Å². The van der Waals surface area contributed by atoms with Crippen LogP contribution in [-0.2, 0) is 12.8 Å². The summed E-state index contributed by atoms with van der Waals surface area (Å²) in [6, 6.07) is 14.4. The second-order valence-electron chi connectivity index (χ2n) is 4.80. The van der Waals surface area contributed by atoms with Crippen LogP contribution in [0.25, 0.3) is 0 Å². The van der Waals surface area contributed by atoms with Gasteiger partial charge in [0.2, 0.25) is 0 Å². The van der Waals surface area contributed by atoms with Gasteiger partial charge in [0.1, 0.15) is 5.75 Å². The van der Waals surface area contributed by atoms with E-state index in [1.807, 2.05) is 18.2 Å². The highest BCUT2D eigenvalue weighted by atomic mass is 16.5. The lowest BCUT2D eigenvalue weighted by Gasteiger charge is -2.11. The maximum absolute atomic E-state index is 5.86. The third-order valence-electron chi connectivity index (χ3n) is 3.23. The molecule has 0 saturated carbocycles. The Morgan fingerprint density at radius 2 is 1.79 bits per heavy atom. The van der Waals surface area contributed by atoms with Crippen LogP contribution in [0.15, 0.2) is 42.5 Å². The number of ether oxygens (including phenoxy) is 1. The number of benzene rings is 2. The van der Waals surface area contributed by atoms with Gasteiger partial charge < -0.3 is 10.5 Å². The fourth-order valence-electron chi connectivity index (χ4n) is 2.05. The number of anilines is 1.